The predicted octanol–water partition coefficient (Wildman–Crippen LogP) is 5.29. The Bertz CT molecular complexity index is 1180. The molecule has 242 valence electrons. The Morgan fingerprint density at radius 2 is 1.81 bits per heavy atom. The number of ether oxygens (including phenoxy) is 3. The molecule has 43 heavy (non-hydrogen) atoms. The van der Waals surface area contributed by atoms with Crippen LogP contribution in [0.5, 0.6) is 0 Å². The molecule has 0 aromatic rings. The number of ketones is 1. The van der Waals surface area contributed by atoms with Crippen LogP contribution in [0.25, 0.3) is 0 Å². The van der Waals surface area contributed by atoms with Crippen LogP contribution in [0.4, 0.5) is 0 Å². The fraction of sp³-hybridized carbons (Fsp3) is 0.857. The van der Waals surface area contributed by atoms with Crippen molar-refractivity contribution in [2.75, 3.05) is 33.4 Å². The lowest BCUT2D eigenvalue weighted by Gasteiger charge is -2.70. The van der Waals surface area contributed by atoms with Gasteiger partial charge < -0.3 is 24.6 Å². The molecule has 8 nitrogen and oxygen atoms in total. The molecule has 0 amide bonds. The second kappa shape index (κ2) is 10.9. The Morgan fingerprint density at radius 1 is 1.12 bits per heavy atom. The second-order valence-corrected chi connectivity index (χ2v) is 16.0. The fourth-order valence-corrected chi connectivity index (χ4v) is 11.3. The van der Waals surface area contributed by atoms with Crippen LogP contribution in [-0.4, -0.2) is 68.4 Å². The van der Waals surface area contributed by atoms with Crippen molar-refractivity contribution in [3.05, 3.63) is 11.6 Å². The van der Waals surface area contributed by atoms with Crippen LogP contribution in [0.1, 0.15) is 87.5 Å². The molecule has 0 aromatic heterocycles. The van der Waals surface area contributed by atoms with Crippen molar-refractivity contribution < 1.29 is 33.7 Å². The molecule has 2 bridgehead atoms. The zero-order valence-corrected chi connectivity index (χ0v) is 27.9. The molecule has 0 aromatic carbocycles. The maximum Gasteiger partial charge on any atom is 0.308 e. The zero-order valence-electron chi connectivity index (χ0n) is 27.9. The molecule has 3 saturated carbocycles. The van der Waals surface area contributed by atoms with E-state index in [0.717, 1.165) is 31.3 Å². The van der Waals surface area contributed by atoms with Crippen molar-refractivity contribution in [2.24, 2.45) is 56.7 Å². The van der Waals surface area contributed by atoms with Crippen molar-refractivity contribution in [1.29, 1.82) is 0 Å². The molecule has 2 N–H and O–H groups in total. The highest BCUT2D eigenvalue weighted by Gasteiger charge is 2.74. The molecular weight excluding hydrogens is 546 g/mol. The Morgan fingerprint density at radius 3 is 2.42 bits per heavy atom. The minimum Gasteiger partial charge on any atom is -0.481 e. The van der Waals surface area contributed by atoms with E-state index in [1.165, 1.54) is 6.92 Å². The molecule has 11 atom stereocenters. The highest BCUT2D eigenvalue weighted by molar-refractivity contribution is 6.00. The summed E-state index contributed by atoms with van der Waals surface area (Å²) < 4.78 is 19.0. The van der Waals surface area contributed by atoms with E-state index in [1.54, 1.807) is 0 Å². The van der Waals surface area contributed by atoms with E-state index in [0.29, 0.717) is 38.7 Å². The molecule has 0 spiro atoms. The van der Waals surface area contributed by atoms with Gasteiger partial charge in [-0.05, 0) is 79.7 Å². The number of allylic oxidation sites excluding steroid dienone is 1. The van der Waals surface area contributed by atoms with Gasteiger partial charge in [-0.1, -0.05) is 54.0 Å². The number of carboxylic acids is 1. The number of nitrogens with one attached hydrogen (secondary N) is 1. The van der Waals surface area contributed by atoms with E-state index in [1.807, 2.05) is 20.0 Å². The number of carboxylic acid groups (broad SMARTS) is 1. The smallest absolute Gasteiger partial charge is 0.308 e. The number of carbonyl (C=O) groups is 3. The Balaban J connectivity index is 1.63. The summed E-state index contributed by atoms with van der Waals surface area (Å²) in [5, 5.41) is 14.0. The van der Waals surface area contributed by atoms with E-state index in [9.17, 15) is 19.5 Å². The van der Waals surface area contributed by atoms with Crippen LogP contribution in [0, 0.1) is 56.7 Å². The highest BCUT2D eigenvalue weighted by atomic mass is 16.6. The first-order valence-corrected chi connectivity index (χ1v) is 16.5. The second-order valence-electron chi connectivity index (χ2n) is 16.0. The maximum atomic E-state index is 14.7. The molecule has 8 heteroatoms. The minimum absolute atomic E-state index is 0.0536. The number of carbonyl (C=O) groups excluding carboxylic acids is 2. The van der Waals surface area contributed by atoms with Crippen LogP contribution in [0.2, 0.25) is 0 Å². The summed E-state index contributed by atoms with van der Waals surface area (Å²) in [7, 11) is 1.89. The topological polar surface area (TPSA) is 111 Å². The summed E-state index contributed by atoms with van der Waals surface area (Å²) in [5.74, 6) is -1.32. The summed E-state index contributed by atoms with van der Waals surface area (Å²) in [5.41, 5.74) is -1.81. The Labute approximate surface area is 258 Å². The van der Waals surface area contributed by atoms with Crippen LogP contribution in [-0.2, 0) is 28.6 Å². The number of esters is 1. The molecule has 0 radical (unpaired) electrons. The minimum atomic E-state index is -1.03. The molecule has 1 aliphatic heterocycles. The van der Waals surface area contributed by atoms with Crippen molar-refractivity contribution in [3.63, 3.8) is 0 Å². The molecule has 4 aliphatic carbocycles. The van der Waals surface area contributed by atoms with Gasteiger partial charge in [-0.3, -0.25) is 14.4 Å². The van der Waals surface area contributed by atoms with Gasteiger partial charge in [0, 0.05) is 29.7 Å². The largest absolute Gasteiger partial charge is 0.481 e. The van der Waals surface area contributed by atoms with E-state index in [4.69, 9.17) is 14.2 Å². The van der Waals surface area contributed by atoms with Crippen molar-refractivity contribution in [2.45, 2.75) is 99.7 Å². The number of hydrogen-bond acceptors (Lipinski definition) is 7. The van der Waals surface area contributed by atoms with Crippen LogP contribution >= 0.6 is 0 Å². The van der Waals surface area contributed by atoms with E-state index in [2.05, 4.69) is 46.9 Å². The Kier molecular flexibility index (Phi) is 8.30. The van der Waals surface area contributed by atoms with Gasteiger partial charge in [0.25, 0.3) is 0 Å². The lowest BCUT2D eigenvalue weighted by Crippen LogP contribution is -2.71. The van der Waals surface area contributed by atoms with Gasteiger partial charge in [0.05, 0.1) is 25.7 Å². The first-order chi connectivity index (χ1) is 20.0. The summed E-state index contributed by atoms with van der Waals surface area (Å²) in [6, 6.07) is 0. The van der Waals surface area contributed by atoms with Crippen LogP contribution in [0.3, 0.4) is 0 Å². The van der Waals surface area contributed by atoms with E-state index < -0.39 is 45.1 Å². The zero-order chi connectivity index (χ0) is 31.8. The number of aliphatic carboxylic acids is 1. The predicted molar refractivity (Wildman–Crippen MR) is 163 cm³/mol. The van der Waals surface area contributed by atoms with Crippen molar-refractivity contribution in [3.8, 4) is 0 Å². The van der Waals surface area contributed by atoms with Crippen LogP contribution in [0.15, 0.2) is 11.6 Å². The average Bonchev–Trinajstić information content (AvgIpc) is 2.91. The number of hydrogen-bond donors (Lipinski definition) is 2. The van der Waals surface area contributed by atoms with Gasteiger partial charge in [-0.15, -0.1) is 0 Å². The summed E-state index contributed by atoms with van der Waals surface area (Å²) in [6.07, 6.45) is 5.04. The first kappa shape index (κ1) is 32.6. The summed E-state index contributed by atoms with van der Waals surface area (Å²) in [4.78, 5) is 40.4. The average molecular weight is 602 g/mol. The third-order valence-corrected chi connectivity index (χ3v) is 13.9. The Hall–Kier alpha value is -1.77. The SMILES string of the molecule is CNCCO[C@H]1[C@H](OC(C)=O)C[C@]23COC[C@@]1(C)[C@@H]2CC[C@H]1C3=CC(=O)[C@@]2(C)[C@H](C(=O)O)[C@@](C)([C@H](C)C(C)C)CC[C@]12C. The van der Waals surface area contributed by atoms with E-state index >= 15 is 0 Å². The summed E-state index contributed by atoms with van der Waals surface area (Å²) in [6.45, 7) is 18.6. The monoisotopic (exact) mass is 601 g/mol. The molecule has 0 unspecified atom stereocenters. The third-order valence-electron chi connectivity index (χ3n) is 13.9. The van der Waals surface area contributed by atoms with Gasteiger partial charge >= 0.3 is 11.9 Å². The number of fused-ring (bicyclic) bond motifs is 3. The molecule has 1 heterocycles. The molecular formula is C35H55NO7. The molecule has 5 rings (SSSR count). The normalized spacial score (nSPS) is 46.2. The first-order valence-electron chi connectivity index (χ1n) is 16.5. The van der Waals surface area contributed by atoms with Gasteiger partial charge in [0.1, 0.15) is 12.2 Å². The summed E-state index contributed by atoms with van der Waals surface area (Å²) >= 11 is 0. The van der Waals surface area contributed by atoms with Crippen molar-refractivity contribution in [1.82, 2.24) is 5.32 Å². The maximum absolute atomic E-state index is 14.7. The number of likely N-dealkylation sites (N-methyl/N-ethyl adjacent to an activating group) is 1. The third kappa shape index (κ3) is 4.43. The van der Waals surface area contributed by atoms with E-state index in [-0.39, 0.29) is 35.6 Å². The molecule has 1 saturated heterocycles. The van der Waals surface area contributed by atoms with Gasteiger partial charge in [0.2, 0.25) is 0 Å². The van der Waals surface area contributed by atoms with Gasteiger partial charge in [-0.2, -0.15) is 0 Å². The van der Waals surface area contributed by atoms with Crippen LogP contribution < -0.4 is 5.32 Å². The lowest BCUT2D eigenvalue weighted by atomic mass is 9.34. The lowest BCUT2D eigenvalue weighted by molar-refractivity contribution is -0.265. The van der Waals surface area contributed by atoms with Gasteiger partial charge in [0.15, 0.2) is 5.78 Å². The molecule has 5 aliphatic rings. The highest BCUT2D eigenvalue weighted by Crippen LogP contribution is 2.74. The standard InChI is InChI=1S/C35H55NO7/c1-20(2)21(3)31(5)12-13-33(7)23-10-11-26-32(6)18-41-19-35(26,17-25(43-22(4)37)29(32)42-15-14-36-9)24(23)16-27(38)34(33,8)28(31)30(39)40/h16,20-21,23,25-26,28-29,36H,10-15,17-19H2,1-9H3,(H,39,40)/t21-,23+,25-,26+,28-,29+,31-,32+,33-,34+,35-/m1/s1. The molecule has 4 fully saturated rings. The fourth-order valence-electron chi connectivity index (χ4n) is 11.3. The van der Waals surface area contributed by atoms with Gasteiger partial charge in [-0.25, -0.2) is 0 Å². The number of rotatable bonds is 8. The van der Waals surface area contributed by atoms with Crippen molar-refractivity contribution >= 4 is 17.7 Å². The quantitative estimate of drug-likeness (QED) is 0.285.